The van der Waals surface area contributed by atoms with Gasteiger partial charge in [0.1, 0.15) is 0 Å². The summed E-state index contributed by atoms with van der Waals surface area (Å²) in [4.78, 5) is 0. The van der Waals surface area contributed by atoms with Gasteiger partial charge >= 0.3 is 0 Å². The molecule has 4 saturated carbocycles. The van der Waals surface area contributed by atoms with Gasteiger partial charge in [0, 0.05) is 11.0 Å². The monoisotopic (exact) mass is 500 g/mol. The van der Waals surface area contributed by atoms with Gasteiger partial charge < -0.3 is 9.47 Å². The van der Waals surface area contributed by atoms with Crippen molar-refractivity contribution in [3.05, 3.63) is 0 Å². The predicted molar refractivity (Wildman–Crippen MR) is 123 cm³/mol. The molecule has 0 aromatic rings. The third-order valence-electron chi connectivity index (χ3n) is 10.5. The lowest BCUT2D eigenvalue weighted by Gasteiger charge is -2.61. The molecule has 2 nitrogen and oxygen atoms in total. The maximum absolute atomic E-state index is 6.45. The first-order valence-electron chi connectivity index (χ1n) is 12.4. The molecule has 0 aromatic heterocycles. The van der Waals surface area contributed by atoms with Crippen molar-refractivity contribution in [2.24, 2.45) is 40.4 Å². The van der Waals surface area contributed by atoms with E-state index < -0.39 is 0 Å². The Morgan fingerprint density at radius 3 is 2.50 bits per heavy atom. The van der Waals surface area contributed by atoms with Crippen molar-refractivity contribution in [3.63, 3.8) is 0 Å². The zero-order valence-electron chi connectivity index (χ0n) is 18.1. The van der Waals surface area contributed by atoms with Crippen molar-refractivity contribution in [2.45, 2.75) is 103 Å². The number of fused-ring (bicyclic) bond motifs is 5. The molecule has 0 radical (unpaired) electrons. The highest BCUT2D eigenvalue weighted by Gasteiger charge is 2.60. The maximum atomic E-state index is 6.45. The average molecular weight is 501 g/mol. The normalized spacial score (nSPS) is 53.9. The number of alkyl halides is 1. The van der Waals surface area contributed by atoms with Crippen LogP contribution in [0.5, 0.6) is 0 Å². The van der Waals surface area contributed by atoms with Gasteiger partial charge in [-0.3, -0.25) is 0 Å². The summed E-state index contributed by atoms with van der Waals surface area (Å²) >= 11 is 2.67. The largest absolute Gasteiger partial charge is 0.353 e. The minimum atomic E-state index is 0.0959. The van der Waals surface area contributed by atoms with Crippen molar-refractivity contribution in [2.75, 3.05) is 11.0 Å². The van der Waals surface area contributed by atoms with Crippen LogP contribution in [0.15, 0.2) is 0 Å². The highest BCUT2D eigenvalue weighted by atomic mass is 127. The van der Waals surface area contributed by atoms with Gasteiger partial charge in [-0.15, -0.1) is 0 Å². The lowest BCUT2D eigenvalue weighted by molar-refractivity contribution is -0.212. The Hall–Kier alpha value is 0.650. The molecule has 0 spiro atoms. The molecule has 9 unspecified atom stereocenters. The molecule has 5 rings (SSSR count). The van der Waals surface area contributed by atoms with Crippen LogP contribution in [0.3, 0.4) is 0 Å². The van der Waals surface area contributed by atoms with E-state index in [4.69, 9.17) is 9.47 Å². The van der Waals surface area contributed by atoms with Crippen molar-refractivity contribution in [1.82, 2.24) is 0 Å². The molecule has 4 aliphatic carbocycles. The first-order valence-corrected chi connectivity index (χ1v) is 13.9. The van der Waals surface area contributed by atoms with E-state index >= 15 is 0 Å². The fraction of sp³-hybridized carbons (Fsp3) is 1.00. The maximum Gasteiger partial charge on any atom is 0.157 e. The van der Waals surface area contributed by atoms with Crippen molar-refractivity contribution >= 4 is 22.6 Å². The number of rotatable bonds is 3. The van der Waals surface area contributed by atoms with Crippen LogP contribution in [0.1, 0.15) is 90.9 Å². The van der Waals surface area contributed by atoms with E-state index in [1.54, 1.807) is 0 Å². The van der Waals surface area contributed by atoms with Crippen molar-refractivity contribution in [3.8, 4) is 0 Å². The molecular formula is C25H41IO2. The van der Waals surface area contributed by atoms with Gasteiger partial charge in [-0.25, -0.2) is 0 Å². The van der Waals surface area contributed by atoms with Gasteiger partial charge in [0.2, 0.25) is 0 Å². The smallest absolute Gasteiger partial charge is 0.157 e. The van der Waals surface area contributed by atoms with Gasteiger partial charge in [0.15, 0.2) is 6.29 Å². The van der Waals surface area contributed by atoms with Crippen molar-refractivity contribution < 1.29 is 9.47 Å². The van der Waals surface area contributed by atoms with E-state index in [1.165, 1.54) is 75.1 Å². The SMILES string of the molecule is CC12CCC3C(CCC4CC(OC5CCCCO5)CCC43C)C1CCC2CI. The van der Waals surface area contributed by atoms with Crippen LogP contribution in [0.4, 0.5) is 0 Å². The first-order chi connectivity index (χ1) is 13.5. The molecule has 0 amide bonds. The molecule has 0 aromatic carbocycles. The zero-order valence-corrected chi connectivity index (χ0v) is 20.3. The van der Waals surface area contributed by atoms with Gasteiger partial charge in [0.25, 0.3) is 0 Å². The van der Waals surface area contributed by atoms with Gasteiger partial charge in [-0.1, -0.05) is 36.4 Å². The minimum Gasteiger partial charge on any atom is -0.353 e. The Labute approximate surface area is 186 Å². The lowest BCUT2D eigenvalue weighted by atomic mass is 9.45. The van der Waals surface area contributed by atoms with E-state index in [-0.39, 0.29) is 6.29 Å². The molecule has 1 heterocycles. The Morgan fingerprint density at radius 1 is 0.893 bits per heavy atom. The Bertz CT molecular complexity index is 561. The van der Waals surface area contributed by atoms with Crippen LogP contribution < -0.4 is 0 Å². The number of halogens is 1. The number of hydrogen-bond acceptors (Lipinski definition) is 2. The predicted octanol–water partition coefficient (Wildman–Crippen LogP) is 6.99. The quantitative estimate of drug-likeness (QED) is 0.236. The summed E-state index contributed by atoms with van der Waals surface area (Å²) in [7, 11) is 0. The molecule has 0 bridgehead atoms. The molecule has 160 valence electrons. The number of hydrogen-bond donors (Lipinski definition) is 0. The summed E-state index contributed by atoms with van der Waals surface area (Å²) in [6.45, 7) is 6.27. The molecule has 5 aliphatic rings. The highest BCUT2D eigenvalue weighted by Crippen LogP contribution is 2.67. The Kier molecular flexibility index (Phi) is 5.85. The molecule has 1 aliphatic heterocycles. The molecule has 0 N–H and O–H groups in total. The topological polar surface area (TPSA) is 18.5 Å². The van der Waals surface area contributed by atoms with E-state index in [0.29, 0.717) is 16.9 Å². The highest BCUT2D eigenvalue weighted by molar-refractivity contribution is 14.1. The fourth-order valence-electron chi connectivity index (χ4n) is 8.74. The molecule has 1 saturated heterocycles. The minimum absolute atomic E-state index is 0.0959. The van der Waals surface area contributed by atoms with Crippen LogP contribution in [-0.2, 0) is 9.47 Å². The number of ether oxygens (including phenoxy) is 2. The second kappa shape index (κ2) is 7.97. The summed E-state index contributed by atoms with van der Waals surface area (Å²) in [6.07, 6.45) is 17.1. The van der Waals surface area contributed by atoms with Crippen LogP contribution in [0, 0.1) is 40.4 Å². The van der Waals surface area contributed by atoms with E-state index in [2.05, 4.69) is 36.4 Å². The zero-order chi connectivity index (χ0) is 19.4. The molecule has 9 atom stereocenters. The third kappa shape index (κ3) is 3.32. The van der Waals surface area contributed by atoms with Gasteiger partial charge in [-0.05, 0) is 117 Å². The first kappa shape index (κ1) is 20.5. The second-order valence-electron chi connectivity index (χ2n) is 11.5. The molecule has 3 heteroatoms. The molecule has 5 fully saturated rings. The second-order valence-corrected chi connectivity index (χ2v) is 12.3. The third-order valence-corrected chi connectivity index (χ3v) is 11.5. The van der Waals surface area contributed by atoms with Crippen molar-refractivity contribution in [1.29, 1.82) is 0 Å². The van der Waals surface area contributed by atoms with Crippen LogP contribution in [0.2, 0.25) is 0 Å². The fourth-order valence-corrected chi connectivity index (χ4v) is 10.2. The van der Waals surface area contributed by atoms with Gasteiger partial charge in [-0.2, -0.15) is 0 Å². The van der Waals surface area contributed by atoms with Crippen LogP contribution >= 0.6 is 22.6 Å². The Balaban J connectivity index is 1.27. The molecule has 28 heavy (non-hydrogen) atoms. The van der Waals surface area contributed by atoms with Gasteiger partial charge in [0.05, 0.1) is 6.10 Å². The Morgan fingerprint density at radius 2 is 1.71 bits per heavy atom. The summed E-state index contributed by atoms with van der Waals surface area (Å²) in [5.74, 6) is 4.91. The van der Waals surface area contributed by atoms with E-state index in [1.807, 2.05) is 0 Å². The summed E-state index contributed by atoms with van der Waals surface area (Å²) in [6, 6.07) is 0. The standard InChI is InChI=1S/C25H41IO2/c1-24-12-10-19(28-23-5-3-4-14-27-23)15-17(24)6-8-20-21-9-7-18(16-26)25(21,2)13-11-22(20)24/h17-23H,3-16H2,1-2H3. The summed E-state index contributed by atoms with van der Waals surface area (Å²) in [5.41, 5.74) is 1.24. The van der Waals surface area contributed by atoms with E-state index in [9.17, 15) is 0 Å². The lowest BCUT2D eigenvalue weighted by Crippen LogP contribution is -2.54. The summed E-state index contributed by atoms with van der Waals surface area (Å²) < 4.78 is 13.7. The average Bonchev–Trinajstić information content (AvgIpc) is 3.05. The van der Waals surface area contributed by atoms with E-state index in [0.717, 1.165) is 42.6 Å². The van der Waals surface area contributed by atoms with Crippen LogP contribution in [0.25, 0.3) is 0 Å². The molecular weight excluding hydrogens is 459 g/mol. The summed E-state index contributed by atoms with van der Waals surface area (Å²) in [5, 5.41) is 0. The van der Waals surface area contributed by atoms with Crippen LogP contribution in [-0.4, -0.2) is 23.4 Å².